The van der Waals surface area contributed by atoms with Crippen molar-refractivity contribution in [1.29, 1.82) is 0 Å². The quantitative estimate of drug-likeness (QED) is 0.449. The molecule has 3 rings (SSSR count). The molecule has 0 heterocycles. The number of hydrogen-bond donors (Lipinski definition) is 0. The standard InChI is InChI=1S/C17H15Br3/c1-11-9-15(19)13(10-14(11)18)16(20)17(7-8-17)12-5-3-2-4-6-12/h2-6,9-10,16H,7-8H2,1H3. The van der Waals surface area contributed by atoms with Gasteiger partial charge in [-0.2, -0.15) is 0 Å². The Bertz CT molecular complexity index is 630. The molecule has 1 atom stereocenters. The van der Waals surface area contributed by atoms with Gasteiger partial charge in [-0.1, -0.05) is 78.1 Å². The molecule has 1 saturated carbocycles. The molecule has 0 spiro atoms. The Hall–Kier alpha value is -0.120. The molecular formula is C17H15Br3. The molecule has 1 aliphatic carbocycles. The van der Waals surface area contributed by atoms with Crippen LogP contribution in [0.5, 0.6) is 0 Å². The van der Waals surface area contributed by atoms with Crippen LogP contribution in [-0.4, -0.2) is 0 Å². The number of rotatable bonds is 3. The highest BCUT2D eigenvalue weighted by Crippen LogP contribution is 2.61. The molecule has 1 unspecified atom stereocenters. The van der Waals surface area contributed by atoms with E-state index in [2.05, 4.69) is 97.2 Å². The number of aryl methyl sites for hydroxylation is 1. The van der Waals surface area contributed by atoms with Crippen molar-refractivity contribution in [3.05, 3.63) is 68.1 Å². The van der Waals surface area contributed by atoms with Crippen LogP contribution in [0.25, 0.3) is 0 Å². The van der Waals surface area contributed by atoms with Gasteiger partial charge in [0.05, 0.1) is 4.83 Å². The van der Waals surface area contributed by atoms with E-state index < -0.39 is 0 Å². The summed E-state index contributed by atoms with van der Waals surface area (Å²) < 4.78 is 2.35. The van der Waals surface area contributed by atoms with Crippen molar-refractivity contribution in [3.8, 4) is 0 Å². The van der Waals surface area contributed by atoms with Gasteiger partial charge in [0.25, 0.3) is 0 Å². The lowest BCUT2D eigenvalue weighted by atomic mass is 9.88. The summed E-state index contributed by atoms with van der Waals surface area (Å²) in [6, 6.07) is 15.3. The molecule has 0 bridgehead atoms. The zero-order chi connectivity index (χ0) is 14.3. The summed E-state index contributed by atoms with van der Waals surface area (Å²) in [5, 5.41) is 0. The molecule has 0 nitrogen and oxygen atoms in total. The maximum Gasteiger partial charge on any atom is 0.0503 e. The minimum Gasteiger partial charge on any atom is -0.0829 e. The van der Waals surface area contributed by atoms with Crippen LogP contribution in [0.15, 0.2) is 51.4 Å². The first-order valence-corrected chi connectivity index (χ1v) is 9.20. The van der Waals surface area contributed by atoms with Gasteiger partial charge in [-0.05, 0) is 48.6 Å². The molecule has 0 aromatic heterocycles. The Morgan fingerprint density at radius 3 is 2.25 bits per heavy atom. The van der Waals surface area contributed by atoms with Crippen LogP contribution in [0.1, 0.15) is 34.4 Å². The highest BCUT2D eigenvalue weighted by molar-refractivity contribution is 9.11. The summed E-state index contributed by atoms with van der Waals surface area (Å²) in [7, 11) is 0. The predicted octanol–water partition coefficient (Wildman–Crippen LogP) is 6.69. The van der Waals surface area contributed by atoms with Crippen molar-refractivity contribution in [3.63, 3.8) is 0 Å². The second kappa shape index (κ2) is 5.58. The highest BCUT2D eigenvalue weighted by Gasteiger charge is 2.50. The fourth-order valence-electron chi connectivity index (χ4n) is 2.75. The maximum atomic E-state index is 3.97. The van der Waals surface area contributed by atoms with Gasteiger partial charge in [0.1, 0.15) is 0 Å². The Labute approximate surface area is 145 Å². The monoisotopic (exact) mass is 456 g/mol. The van der Waals surface area contributed by atoms with E-state index in [0.717, 1.165) is 0 Å². The molecule has 2 aromatic carbocycles. The average molecular weight is 459 g/mol. The molecule has 20 heavy (non-hydrogen) atoms. The van der Waals surface area contributed by atoms with Gasteiger partial charge in [-0.25, -0.2) is 0 Å². The van der Waals surface area contributed by atoms with Crippen LogP contribution >= 0.6 is 47.8 Å². The van der Waals surface area contributed by atoms with E-state index in [9.17, 15) is 0 Å². The molecule has 1 fully saturated rings. The van der Waals surface area contributed by atoms with Crippen molar-refractivity contribution in [2.45, 2.75) is 30.0 Å². The van der Waals surface area contributed by atoms with Crippen LogP contribution in [0.2, 0.25) is 0 Å². The van der Waals surface area contributed by atoms with Gasteiger partial charge in [0.2, 0.25) is 0 Å². The molecule has 0 radical (unpaired) electrons. The summed E-state index contributed by atoms with van der Waals surface area (Å²) in [5.74, 6) is 0. The average Bonchev–Trinajstić information content (AvgIpc) is 3.25. The fraction of sp³-hybridized carbons (Fsp3) is 0.294. The number of alkyl halides is 1. The molecule has 0 aliphatic heterocycles. The number of benzene rings is 2. The van der Waals surface area contributed by atoms with Crippen molar-refractivity contribution in [1.82, 2.24) is 0 Å². The SMILES string of the molecule is Cc1cc(Br)c(C(Br)C2(c3ccccc3)CC2)cc1Br. The largest absolute Gasteiger partial charge is 0.0829 e. The molecule has 0 N–H and O–H groups in total. The van der Waals surface area contributed by atoms with Crippen molar-refractivity contribution in [2.75, 3.05) is 0 Å². The summed E-state index contributed by atoms with van der Waals surface area (Å²) in [6.07, 6.45) is 2.48. The lowest BCUT2D eigenvalue weighted by Gasteiger charge is -2.24. The minimum atomic E-state index is 0.248. The van der Waals surface area contributed by atoms with Crippen LogP contribution in [-0.2, 0) is 5.41 Å². The second-order valence-electron chi connectivity index (χ2n) is 5.51. The molecule has 0 amide bonds. The predicted molar refractivity (Wildman–Crippen MR) is 95.6 cm³/mol. The Morgan fingerprint density at radius 1 is 1.00 bits per heavy atom. The van der Waals surface area contributed by atoms with Crippen LogP contribution in [0, 0.1) is 6.92 Å². The Kier molecular flexibility index (Phi) is 4.13. The van der Waals surface area contributed by atoms with Gasteiger partial charge in [-0.3, -0.25) is 0 Å². The van der Waals surface area contributed by atoms with E-state index in [4.69, 9.17) is 0 Å². The van der Waals surface area contributed by atoms with Gasteiger partial charge >= 0.3 is 0 Å². The van der Waals surface area contributed by atoms with E-state index in [-0.39, 0.29) is 5.41 Å². The van der Waals surface area contributed by atoms with E-state index in [1.807, 2.05) is 0 Å². The van der Waals surface area contributed by atoms with Crippen LogP contribution in [0.4, 0.5) is 0 Å². The van der Waals surface area contributed by atoms with Crippen LogP contribution < -0.4 is 0 Å². The smallest absolute Gasteiger partial charge is 0.0503 e. The van der Waals surface area contributed by atoms with Crippen molar-refractivity contribution >= 4 is 47.8 Å². The van der Waals surface area contributed by atoms with E-state index >= 15 is 0 Å². The summed E-state index contributed by atoms with van der Waals surface area (Å²) in [5.41, 5.74) is 4.26. The lowest BCUT2D eigenvalue weighted by Crippen LogP contribution is -2.14. The van der Waals surface area contributed by atoms with Gasteiger partial charge in [-0.15, -0.1) is 0 Å². The molecular weight excluding hydrogens is 444 g/mol. The maximum absolute atomic E-state index is 3.97. The van der Waals surface area contributed by atoms with Crippen molar-refractivity contribution in [2.24, 2.45) is 0 Å². The number of hydrogen-bond acceptors (Lipinski definition) is 0. The van der Waals surface area contributed by atoms with Gasteiger partial charge in [0.15, 0.2) is 0 Å². The first kappa shape index (κ1) is 14.8. The van der Waals surface area contributed by atoms with Gasteiger partial charge in [0, 0.05) is 14.4 Å². The highest BCUT2D eigenvalue weighted by atomic mass is 79.9. The van der Waals surface area contributed by atoms with E-state index in [1.165, 1.54) is 38.5 Å². The van der Waals surface area contributed by atoms with Crippen molar-refractivity contribution < 1.29 is 0 Å². The molecule has 2 aromatic rings. The topological polar surface area (TPSA) is 0 Å². The molecule has 3 heteroatoms. The van der Waals surface area contributed by atoms with Gasteiger partial charge < -0.3 is 0 Å². The molecule has 104 valence electrons. The molecule has 0 saturated heterocycles. The zero-order valence-corrected chi connectivity index (χ0v) is 15.9. The summed E-state index contributed by atoms with van der Waals surface area (Å²) in [6.45, 7) is 2.12. The third-order valence-electron chi connectivity index (χ3n) is 4.17. The lowest BCUT2D eigenvalue weighted by molar-refractivity contribution is 0.678. The first-order valence-electron chi connectivity index (χ1n) is 6.70. The normalized spacial score (nSPS) is 17.8. The summed E-state index contributed by atoms with van der Waals surface area (Å²) in [4.78, 5) is 0.337. The zero-order valence-electron chi connectivity index (χ0n) is 11.2. The van der Waals surface area contributed by atoms with E-state index in [1.54, 1.807) is 0 Å². The molecule has 1 aliphatic rings. The second-order valence-corrected chi connectivity index (χ2v) is 8.13. The minimum absolute atomic E-state index is 0.248. The number of halogens is 3. The third-order valence-corrected chi connectivity index (χ3v) is 7.08. The Morgan fingerprint density at radius 2 is 1.65 bits per heavy atom. The third kappa shape index (κ3) is 2.53. The fourth-order valence-corrected chi connectivity index (χ4v) is 5.20. The van der Waals surface area contributed by atoms with Crippen LogP contribution in [0.3, 0.4) is 0 Å². The summed E-state index contributed by atoms with van der Waals surface area (Å²) >= 11 is 11.3. The first-order chi connectivity index (χ1) is 9.54. The Balaban J connectivity index is 2.01. The van der Waals surface area contributed by atoms with E-state index in [0.29, 0.717) is 4.83 Å².